The van der Waals surface area contributed by atoms with E-state index < -0.39 is 16.3 Å². The molecule has 0 atom stereocenters. The minimum absolute atomic E-state index is 0.547. The smallest absolute Gasteiger partial charge is 0.306 e. The Morgan fingerprint density at radius 3 is 2.53 bits per heavy atom. The number of aryl methyl sites for hydroxylation is 2. The van der Waals surface area contributed by atoms with Crippen molar-refractivity contribution in [2.24, 2.45) is 5.14 Å². The van der Waals surface area contributed by atoms with Crippen molar-refractivity contribution >= 4 is 22.0 Å². The Morgan fingerprint density at radius 1 is 1.35 bits per heavy atom. The predicted molar refractivity (Wildman–Crippen MR) is 62.3 cm³/mol. The molecule has 94 valence electrons. The number of nitrogens with two attached hydrogens (primary N) is 1. The molecule has 1 rings (SSSR count). The SMILES string of the molecule is Cc1ccc(NC(=O)NOS(N)(=O)=O)c(C)c1. The molecule has 0 radical (unpaired) electrons. The van der Waals surface area contributed by atoms with Crippen molar-refractivity contribution in [3.8, 4) is 0 Å². The summed E-state index contributed by atoms with van der Waals surface area (Å²) < 4.78 is 24.7. The first-order valence-corrected chi connectivity index (χ1v) is 6.10. The van der Waals surface area contributed by atoms with Crippen molar-refractivity contribution in [3.63, 3.8) is 0 Å². The van der Waals surface area contributed by atoms with Crippen LogP contribution in [0.25, 0.3) is 0 Å². The van der Waals surface area contributed by atoms with E-state index in [0.717, 1.165) is 11.1 Å². The van der Waals surface area contributed by atoms with E-state index in [1.807, 2.05) is 26.0 Å². The highest BCUT2D eigenvalue weighted by atomic mass is 32.2. The van der Waals surface area contributed by atoms with Crippen LogP contribution in [0.2, 0.25) is 0 Å². The molecule has 0 unspecified atom stereocenters. The monoisotopic (exact) mass is 259 g/mol. The number of carbonyl (C=O) groups excluding carboxylic acids is 1. The molecule has 7 nitrogen and oxygen atoms in total. The Morgan fingerprint density at radius 2 is 2.00 bits per heavy atom. The van der Waals surface area contributed by atoms with E-state index in [2.05, 4.69) is 14.7 Å². The van der Waals surface area contributed by atoms with Crippen LogP contribution in [0, 0.1) is 13.8 Å². The largest absolute Gasteiger partial charge is 0.354 e. The van der Waals surface area contributed by atoms with Crippen LogP contribution in [0.3, 0.4) is 0 Å². The summed E-state index contributed by atoms with van der Waals surface area (Å²) in [5.41, 5.74) is 4.09. The first-order valence-electron chi connectivity index (χ1n) is 4.63. The minimum Gasteiger partial charge on any atom is -0.306 e. The van der Waals surface area contributed by atoms with Gasteiger partial charge >= 0.3 is 16.3 Å². The number of rotatable bonds is 3. The topological polar surface area (TPSA) is 111 Å². The van der Waals surface area contributed by atoms with Gasteiger partial charge in [-0.25, -0.2) is 9.93 Å². The maximum absolute atomic E-state index is 11.2. The second-order valence-corrected chi connectivity index (χ2v) is 4.60. The summed E-state index contributed by atoms with van der Waals surface area (Å²) in [6.07, 6.45) is 0. The van der Waals surface area contributed by atoms with E-state index in [9.17, 15) is 13.2 Å². The lowest BCUT2D eigenvalue weighted by molar-refractivity contribution is 0.193. The maximum Gasteiger partial charge on any atom is 0.354 e. The van der Waals surface area contributed by atoms with Crippen LogP contribution >= 0.6 is 0 Å². The predicted octanol–water partition coefficient (Wildman–Crippen LogP) is 0.560. The molecule has 4 N–H and O–H groups in total. The van der Waals surface area contributed by atoms with Gasteiger partial charge < -0.3 is 5.32 Å². The zero-order chi connectivity index (χ0) is 13.1. The number of benzene rings is 1. The summed E-state index contributed by atoms with van der Waals surface area (Å²) in [4.78, 5) is 11.2. The highest BCUT2D eigenvalue weighted by Gasteiger charge is 2.08. The van der Waals surface area contributed by atoms with Crippen molar-refractivity contribution in [1.82, 2.24) is 5.48 Å². The second kappa shape index (κ2) is 5.13. The van der Waals surface area contributed by atoms with Gasteiger partial charge in [0.1, 0.15) is 0 Å². The standard InChI is InChI=1S/C9H13N3O4S/c1-6-3-4-8(7(2)5-6)11-9(13)12-16-17(10,14)15/h3-5H,1-2H3,(H2,10,14,15)(H2,11,12,13). The third-order valence-corrected chi connectivity index (χ3v) is 2.20. The quantitative estimate of drug-likeness (QED) is 0.689. The van der Waals surface area contributed by atoms with Gasteiger partial charge in [-0.05, 0) is 25.5 Å². The summed E-state index contributed by atoms with van der Waals surface area (Å²) >= 11 is 0. The molecule has 0 bridgehead atoms. The molecule has 2 amide bonds. The Balaban J connectivity index is 2.62. The Kier molecular flexibility index (Phi) is 4.05. The molecule has 1 aromatic rings. The molecule has 0 saturated carbocycles. The number of urea groups is 1. The van der Waals surface area contributed by atoms with Crippen LogP contribution in [0.15, 0.2) is 18.2 Å². The van der Waals surface area contributed by atoms with E-state index >= 15 is 0 Å². The third-order valence-electron chi connectivity index (χ3n) is 1.88. The highest BCUT2D eigenvalue weighted by Crippen LogP contribution is 2.15. The zero-order valence-electron chi connectivity index (χ0n) is 9.35. The van der Waals surface area contributed by atoms with Gasteiger partial charge in [-0.15, -0.1) is 4.28 Å². The normalized spacial score (nSPS) is 11.0. The second-order valence-electron chi connectivity index (χ2n) is 3.45. The Bertz CT molecular complexity index is 527. The third kappa shape index (κ3) is 4.81. The van der Waals surface area contributed by atoms with Gasteiger partial charge in [-0.3, -0.25) is 0 Å². The molecule has 0 aromatic heterocycles. The first-order chi connectivity index (χ1) is 7.78. The molecule has 1 aromatic carbocycles. The van der Waals surface area contributed by atoms with E-state index in [4.69, 9.17) is 0 Å². The fourth-order valence-corrected chi connectivity index (χ4v) is 1.39. The van der Waals surface area contributed by atoms with Crippen LogP contribution in [0.1, 0.15) is 11.1 Å². The van der Waals surface area contributed by atoms with Gasteiger partial charge in [0.2, 0.25) is 0 Å². The number of carbonyl (C=O) groups is 1. The summed E-state index contributed by atoms with van der Waals surface area (Å²) in [6, 6.07) is 4.55. The molecule has 17 heavy (non-hydrogen) atoms. The molecule has 0 saturated heterocycles. The fraction of sp³-hybridized carbons (Fsp3) is 0.222. The highest BCUT2D eigenvalue weighted by molar-refractivity contribution is 7.84. The van der Waals surface area contributed by atoms with Gasteiger partial charge in [-0.2, -0.15) is 13.9 Å². The van der Waals surface area contributed by atoms with Crippen molar-refractivity contribution in [3.05, 3.63) is 29.3 Å². The molecule has 8 heteroatoms. The molecule has 0 heterocycles. The molecule has 0 fully saturated rings. The number of anilines is 1. The Hall–Kier alpha value is -1.64. The van der Waals surface area contributed by atoms with Crippen LogP contribution in [-0.4, -0.2) is 14.4 Å². The Labute approximate surface area is 99.2 Å². The molecule has 0 aliphatic rings. The van der Waals surface area contributed by atoms with Crippen molar-refractivity contribution in [1.29, 1.82) is 0 Å². The maximum atomic E-state index is 11.2. The minimum atomic E-state index is -4.20. The fourth-order valence-electron chi connectivity index (χ4n) is 1.20. The molecule has 0 aliphatic heterocycles. The average Bonchev–Trinajstić information content (AvgIpc) is 2.18. The van der Waals surface area contributed by atoms with Gasteiger partial charge in [0.05, 0.1) is 0 Å². The van der Waals surface area contributed by atoms with Gasteiger partial charge in [0.25, 0.3) is 0 Å². The molecular weight excluding hydrogens is 246 g/mol. The number of hydrogen-bond acceptors (Lipinski definition) is 4. The summed E-state index contributed by atoms with van der Waals surface area (Å²) in [6.45, 7) is 3.73. The van der Waals surface area contributed by atoms with Gasteiger partial charge in [0, 0.05) is 5.69 Å². The first kappa shape index (κ1) is 13.4. The van der Waals surface area contributed by atoms with E-state index in [0.29, 0.717) is 5.69 Å². The van der Waals surface area contributed by atoms with Gasteiger partial charge in [-0.1, -0.05) is 17.7 Å². The lowest BCUT2D eigenvalue weighted by atomic mass is 10.1. The summed E-state index contributed by atoms with van der Waals surface area (Å²) in [7, 11) is -4.20. The van der Waals surface area contributed by atoms with Crippen LogP contribution < -0.4 is 15.9 Å². The van der Waals surface area contributed by atoms with E-state index in [1.54, 1.807) is 11.5 Å². The molecular formula is C9H13N3O4S. The number of hydroxylamine groups is 1. The van der Waals surface area contributed by atoms with E-state index in [1.165, 1.54) is 0 Å². The van der Waals surface area contributed by atoms with Crippen molar-refractivity contribution < 1.29 is 17.5 Å². The van der Waals surface area contributed by atoms with E-state index in [-0.39, 0.29) is 0 Å². The summed E-state index contributed by atoms with van der Waals surface area (Å²) in [5.74, 6) is 0. The lowest BCUT2D eigenvalue weighted by Crippen LogP contribution is -2.34. The number of amides is 2. The summed E-state index contributed by atoms with van der Waals surface area (Å²) in [5, 5.41) is 6.95. The van der Waals surface area contributed by atoms with Gasteiger partial charge in [0.15, 0.2) is 0 Å². The van der Waals surface area contributed by atoms with Crippen LogP contribution in [0.5, 0.6) is 0 Å². The molecule has 0 aliphatic carbocycles. The zero-order valence-corrected chi connectivity index (χ0v) is 10.2. The lowest BCUT2D eigenvalue weighted by Gasteiger charge is -2.09. The van der Waals surface area contributed by atoms with Crippen molar-refractivity contribution in [2.45, 2.75) is 13.8 Å². The van der Waals surface area contributed by atoms with Crippen molar-refractivity contribution in [2.75, 3.05) is 5.32 Å². The van der Waals surface area contributed by atoms with Crippen LogP contribution in [-0.2, 0) is 14.6 Å². The molecule has 0 spiro atoms. The average molecular weight is 259 g/mol. The number of hydrogen-bond donors (Lipinski definition) is 3. The number of nitrogens with one attached hydrogen (secondary N) is 2. The van der Waals surface area contributed by atoms with Crippen LogP contribution in [0.4, 0.5) is 10.5 Å².